The van der Waals surface area contributed by atoms with Gasteiger partial charge in [0.15, 0.2) is 5.13 Å². The number of aliphatic hydroxyl groups is 1. The van der Waals surface area contributed by atoms with Crippen LogP contribution in [-0.4, -0.2) is 26.7 Å². The molecule has 1 amide bonds. The van der Waals surface area contributed by atoms with Gasteiger partial charge in [-0.1, -0.05) is 12.1 Å². The fourth-order valence-electron chi connectivity index (χ4n) is 3.22. The number of Topliss-reactive ketones (excluding diaryl/α,β-unsaturated/α-hetero) is 1. The minimum Gasteiger partial charge on any atom is -0.507 e. The van der Waals surface area contributed by atoms with E-state index in [4.69, 9.17) is 0 Å². The highest BCUT2D eigenvalue weighted by atomic mass is 32.1. The van der Waals surface area contributed by atoms with Crippen molar-refractivity contribution >= 4 is 39.6 Å². The lowest BCUT2D eigenvalue weighted by atomic mass is 9.95. The Labute approximate surface area is 172 Å². The van der Waals surface area contributed by atoms with Crippen molar-refractivity contribution in [2.45, 2.75) is 6.04 Å². The number of nitro benzene ring substituents is 1. The van der Waals surface area contributed by atoms with E-state index in [0.29, 0.717) is 5.56 Å². The first kappa shape index (κ1) is 19.4. The van der Waals surface area contributed by atoms with Gasteiger partial charge in [-0.25, -0.2) is 9.37 Å². The second-order valence-corrected chi connectivity index (χ2v) is 7.21. The fraction of sp³-hybridized carbons (Fsp3) is 0.0500. The van der Waals surface area contributed by atoms with Gasteiger partial charge in [0.1, 0.15) is 11.6 Å². The highest BCUT2D eigenvalue weighted by Crippen LogP contribution is 2.42. The summed E-state index contributed by atoms with van der Waals surface area (Å²) in [6, 6.07) is 9.08. The molecule has 150 valence electrons. The number of nitro groups is 1. The van der Waals surface area contributed by atoms with Crippen LogP contribution in [0.5, 0.6) is 0 Å². The summed E-state index contributed by atoms with van der Waals surface area (Å²) in [6.07, 6.45) is 1.47. The lowest BCUT2D eigenvalue weighted by Crippen LogP contribution is -2.29. The number of non-ortho nitro benzene ring substituents is 1. The van der Waals surface area contributed by atoms with Crippen LogP contribution >= 0.6 is 11.3 Å². The summed E-state index contributed by atoms with van der Waals surface area (Å²) in [5.41, 5.74) is 0.125. The molecule has 4 rings (SSSR count). The molecular formula is C20H12FN3O5S. The summed E-state index contributed by atoms with van der Waals surface area (Å²) >= 11 is 1.13. The number of aromatic nitrogens is 1. The normalized spacial score (nSPS) is 18.0. The molecule has 0 spiro atoms. The maximum Gasteiger partial charge on any atom is 0.301 e. The zero-order chi connectivity index (χ0) is 21.4. The van der Waals surface area contributed by atoms with E-state index >= 15 is 0 Å². The van der Waals surface area contributed by atoms with Crippen LogP contribution in [0.4, 0.5) is 15.2 Å². The number of ketones is 1. The van der Waals surface area contributed by atoms with E-state index < -0.39 is 34.2 Å². The third-order valence-corrected chi connectivity index (χ3v) is 5.38. The van der Waals surface area contributed by atoms with E-state index in [-0.39, 0.29) is 22.0 Å². The van der Waals surface area contributed by atoms with Crippen LogP contribution in [0.25, 0.3) is 5.76 Å². The van der Waals surface area contributed by atoms with Gasteiger partial charge in [0.25, 0.3) is 11.5 Å². The average Bonchev–Trinajstić information content (AvgIpc) is 3.35. The number of aliphatic hydroxyl groups excluding tert-OH is 1. The third-order valence-electron chi connectivity index (χ3n) is 4.61. The van der Waals surface area contributed by atoms with Crippen LogP contribution in [0.2, 0.25) is 0 Å². The molecule has 0 radical (unpaired) electrons. The summed E-state index contributed by atoms with van der Waals surface area (Å²) in [5, 5.41) is 23.6. The Balaban J connectivity index is 1.90. The van der Waals surface area contributed by atoms with Crippen LogP contribution in [0.15, 0.2) is 65.7 Å². The fourth-order valence-corrected chi connectivity index (χ4v) is 3.89. The maximum absolute atomic E-state index is 13.4. The van der Waals surface area contributed by atoms with E-state index in [2.05, 4.69) is 4.98 Å². The first-order valence-corrected chi connectivity index (χ1v) is 9.47. The number of amides is 1. The molecule has 0 saturated carbocycles. The minimum absolute atomic E-state index is 0.129. The topological polar surface area (TPSA) is 114 Å². The molecule has 1 aromatic heterocycles. The van der Waals surface area contributed by atoms with Crippen LogP contribution in [0, 0.1) is 15.9 Å². The number of halogens is 1. The van der Waals surface area contributed by atoms with Crippen LogP contribution in [-0.2, 0) is 9.59 Å². The Morgan fingerprint density at radius 2 is 1.80 bits per heavy atom. The van der Waals surface area contributed by atoms with Crippen molar-refractivity contribution in [1.29, 1.82) is 0 Å². The Hall–Kier alpha value is -3.92. The summed E-state index contributed by atoms with van der Waals surface area (Å²) in [7, 11) is 0. The zero-order valence-corrected chi connectivity index (χ0v) is 15.9. The van der Waals surface area contributed by atoms with E-state index in [1.54, 1.807) is 5.38 Å². The van der Waals surface area contributed by atoms with Crippen LogP contribution < -0.4 is 4.90 Å². The van der Waals surface area contributed by atoms with Crippen molar-refractivity contribution in [2.75, 3.05) is 4.90 Å². The molecule has 8 nitrogen and oxygen atoms in total. The van der Waals surface area contributed by atoms with Gasteiger partial charge < -0.3 is 5.11 Å². The van der Waals surface area contributed by atoms with Gasteiger partial charge in [-0.2, -0.15) is 0 Å². The molecular weight excluding hydrogens is 413 g/mol. The molecule has 1 atom stereocenters. The number of hydrogen-bond donors (Lipinski definition) is 1. The number of nitrogens with zero attached hydrogens (tertiary/aromatic N) is 3. The second kappa shape index (κ2) is 7.48. The monoisotopic (exact) mass is 425 g/mol. The molecule has 0 bridgehead atoms. The first-order chi connectivity index (χ1) is 14.4. The largest absolute Gasteiger partial charge is 0.507 e. The maximum atomic E-state index is 13.4. The van der Waals surface area contributed by atoms with E-state index in [9.17, 15) is 29.2 Å². The zero-order valence-electron chi connectivity index (χ0n) is 15.1. The third kappa shape index (κ3) is 3.22. The predicted molar refractivity (Wildman–Crippen MR) is 106 cm³/mol. The Morgan fingerprint density at radius 3 is 2.37 bits per heavy atom. The van der Waals surface area contributed by atoms with Crippen molar-refractivity contribution in [3.8, 4) is 0 Å². The minimum atomic E-state index is -1.04. The molecule has 1 aliphatic heterocycles. The summed E-state index contributed by atoms with van der Waals surface area (Å²) in [6.45, 7) is 0. The lowest BCUT2D eigenvalue weighted by Gasteiger charge is -2.22. The van der Waals surface area contributed by atoms with Crippen molar-refractivity contribution in [3.05, 3.63) is 92.7 Å². The molecule has 2 aromatic carbocycles. The number of carbonyl (C=O) groups excluding carboxylic acids is 2. The summed E-state index contributed by atoms with van der Waals surface area (Å²) in [5.74, 6) is -2.81. The molecule has 1 saturated heterocycles. The predicted octanol–water partition coefficient (Wildman–Crippen LogP) is 3.82. The number of thiazole rings is 1. The van der Waals surface area contributed by atoms with Gasteiger partial charge in [-0.05, 0) is 29.8 Å². The summed E-state index contributed by atoms with van der Waals surface area (Å²) < 4.78 is 13.4. The number of benzene rings is 2. The van der Waals surface area contributed by atoms with E-state index in [1.165, 1.54) is 54.7 Å². The molecule has 3 aromatic rings. The van der Waals surface area contributed by atoms with Gasteiger partial charge in [-0.15, -0.1) is 11.3 Å². The highest BCUT2D eigenvalue weighted by molar-refractivity contribution is 7.14. The molecule has 0 aliphatic carbocycles. The second-order valence-electron chi connectivity index (χ2n) is 6.34. The molecule has 1 unspecified atom stereocenters. The van der Waals surface area contributed by atoms with Crippen molar-refractivity contribution in [1.82, 2.24) is 4.98 Å². The number of anilines is 1. The summed E-state index contributed by atoms with van der Waals surface area (Å²) in [4.78, 5) is 41.1. The Kier molecular flexibility index (Phi) is 4.84. The van der Waals surface area contributed by atoms with Crippen LogP contribution in [0.1, 0.15) is 17.2 Å². The van der Waals surface area contributed by atoms with Gasteiger partial charge in [-0.3, -0.25) is 24.6 Å². The van der Waals surface area contributed by atoms with Crippen LogP contribution in [0.3, 0.4) is 0 Å². The van der Waals surface area contributed by atoms with Gasteiger partial charge in [0, 0.05) is 29.3 Å². The van der Waals surface area contributed by atoms with E-state index in [0.717, 1.165) is 16.2 Å². The average molecular weight is 425 g/mol. The molecule has 10 heteroatoms. The van der Waals surface area contributed by atoms with Crippen molar-refractivity contribution in [3.63, 3.8) is 0 Å². The smallest absolute Gasteiger partial charge is 0.301 e. The molecule has 1 aliphatic rings. The SMILES string of the molecule is O=C1C(=O)N(c2nccs2)C(c2ccc(F)cc2)/C1=C(\O)c1ccc([N+](=O)[O-])cc1. The Morgan fingerprint density at radius 1 is 1.13 bits per heavy atom. The number of hydrogen-bond acceptors (Lipinski definition) is 7. The van der Waals surface area contributed by atoms with Gasteiger partial charge in [0.05, 0.1) is 16.5 Å². The molecule has 1 fully saturated rings. The first-order valence-electron chi connectivity index (χ1n) is 8.59. The number of carbonyl (C=O) groups is 2. The van der Waals surface area contributed by atoms with Crippen molar-refractivity contribution < 1.29 is 24.0 Å². The van der Waals surface area contributed by atoms with E-state index in [1.807, 2.05) is 0 Å². The molecule has 2 heterocycles. The lowest BCUT2D eigenvalue weighted by molar-refractivity contribution is -0.384. The Bertz CT molecular complexity index is 1170. The highest BCUT2D eigenvalue weighted by Gasteiger charge is 2.47. The van der Waals surface area contributed by atoms with Gasteiger partial charge in [0.2, 0.25) is 0 Å². The molecule has 1 N–H and O–H groups in total. The molecule has 30 heavy (non-hydrogen) atoms. The quantitative estimate of drug-likeness (QED) is 0.224. The standard InChI is InChI=1S/C20H12FN3O5S/c21-13-5-1-11(2-6-13)16-15(17(25)12-3-7-14(8-4-12)24(28)29)18(26)19(27)23(16)20-22-9-10-30-20/h1-10,16,25H/b17-15+. The van der Waals surface area contributed by atoms with Gasteiger partial charge >= 0.3 is 5.91 Å². The van der Waals surface area contributed by atoms with Crippen molar-refractivity contribution in [2.24, 2.45) is 0 Å². The number of rotatable bonds is 4.